The van der Waals surface area contributed by atoms with E-state index in [-0.39, 0.29) is 0 Å². The molecule has 0 aliphatic heterocycles. The van der Waals surface area contributed by atoms with E-state index in [1.807, 2.05) is 0 Å². The van der Waals surface area contributed by atoms with Crippen molar-refractivity contribution in [3.05, 3.63) is 65.4 Å². The van der Waals surface area contributed by atoms with Gasteiger partial charge in [-0.1, -0.05) is 52.0 Å². The Morgan fingerprint density at radius 2 is 1.58 bits per heavy atom. The number of benzene rings is 2. The van der Waals surface area contributed by atoms with E-state index >= 15 is 0 Å². The van der Waals surface area contributed by atoms with Gasteiger partial charge in [0.15, 0.2) is 6.20 Å². The minimum atomic E-state index is 0.538. The van der Waals surface area contributed by atoms with Crippen LogP contribution >= 0.6 is 0 Å². The Morgan fingerprint density at radius 3 is 2.23 bits per heavy atom. The fourth-order valence-electron chi connectivity index (χ4n) is 3.99. The van der Waals surface area contributed by atoms with Crippen LogP contribution in [0.4, 0.5) is 0 Å². The molecule has 26 heavy (non-hydrogen) atoms. The summed E-state index contributed by atoms with van der Waals surface area (Å²) in [5, 5.41) is 2.69. The Balaban J connectivity index is 2.23. The summed E-state index contributed by atoms with van der Waals surface area (Å²) in [7, 11) is 2.16. The fraction of sp³-hybridized carbons (Fsp3) is 0.400. The van der Waals surface area contributed by atoms with Crippen molar-refractivity contribution in [3.8, 4) is 11.3 Å². The first-order valence-electron chi connectivity index (χ1n) is 9.99. The summed E-state index contributed by atoms with van der Waals surface area (Å²) in [4.78, 5) is 0. The average molecular weight is 347 g/mol. The zero-order chi connectivity index (χ0) is 18.8. The average Bonchev–Trinajstić information content (AvgIpc) is 2.63. The number of rotatable bonds is 5. The van der Waals surface area contributed by atoms with Gasteiger partial charge in [0, 0.05) is 11.6 Å². The Labute approximate surface area is 158 Å². The molecule has 0 radical (unpaired) electrons. The molecule has 0 atom stereocenters. The lowest BCUT2D eigenvalue weighted by atomic mass is 9.90. The van der Waals surface area contributed by atoms with Crippen molar-refractivity contribution in [2.45, 2.75) is 59.3 Å². The molecule has 1 heterocycles. The molecule has 0 saturated heterocycles. The van der Waals surface area contributed by atoms with Gasteiger partial charge in [-0.15, -0.1) is 0 Å². The van der Waals surface area contributed by atoms with Crippen molar-refractivity contribution in [3.63, 3.8) is 0 Å². The molecule has 0 spiro atoms. The predicted molar refractivity (Wildman–Crippen MR) is 113 cm³/mol. The molecule has 136 valence electrons. The van der Waals surface area contributed by atoms with Crippen LogP contribution in [0.15, 0.2) is 48.7 Å². The molecule has 2 aromatic carbocycles. The van der Waals surface area contributed by atoms with Crippen LogP contribution in [0.1, 0.15) is 69.1 Å². The Kier molecular flexibility index (Phi) is 5.46. The fourth-order valence-corrected chi connectivity index (χ4v) is 3.99. The smallest absolute Gasteiger partial charge is 0.200 e. The second kappa shape index (κ2) is 7.61. The Bertz CT molecular complexity index is 917. The summed E-state index contributed by atoms with van der Waals surface area (Å²) in [6, 6.07) is 16.2. The summed E-state index contributed by atoms with van der Waals surface area (Å²) < 4.78 is 2.27. The molecule has 1 nitrogen and oxygen atoms in total. The number of hydrogen-bond acceptors (Lipinski definition) is 0. The van der Waals surface area contributed by atoms with Gasteiger partial charge < -0.3 is 0 Å². The maximum absolute atomic E-state index is 2.40. The van der Waals surface area contributed by atoms with Crippen molar-refractivity contribution in [2.24, 2.45) is 7.05 Å². The number of aryl methyl sites for hydroxylation is 2. The molecule has 0 aliphatic rings. The Morgan fingerprint density at radius 1 is 0.885 bits per heavy atom. The van der Waals surface area contributed by atoms with Crippen LogP contribution in [0.3, 0.4) is 0 Å². The lowest BCUT2D eigenvalue weighted by Gasteiger charge is -2.15. The van der Waals surface area contributed by atoms with E-state index < -0.39 is 0 Å². The molecular formula is C25H32N+. The van der Waals surface area contributed by atoms with Crippen LogP contribution in [0, 0.1) is 6.92 Å². The third kappa shape index (κ3) is 3.40. The second-order valence-electron chi connectivity index (χ2n) is 7.86. The van der Waals surface area contributed by atoms with Gasteiger partial charge in [0.05, 0.1) is 5.39 Å². The van der Waals surface area contributed by atoms with Gasteiger partial charge in [0.1, 0.15) is 7.05 Å². The van der Waals surface area contributed by atoms with Crippen molar-refractivity contribution in [2.75, 3.05) is 0 Å². The molecule has 0 aliphatic carbocycles. The Hall–Kier alpha value is -2.15. The van der Waals surface area contributed by atoms with Crippen molar-refractivity contribution in [1.29, 1.82) is 0 Å². The van der Waals surface area contributed by atoms with E-state index in [1.165, 1.54) is 51.6 Å². The van der Waals surface area contributed by atoms with Crippen LogP contribution in [0.5, 0.6) is 0 Å². The van der Waals surface area contributed by atoms with Crippen molar-refractivity contribution in [1.82, 2.24) is 0 Å². The molecule has 0 fully saturated rings. The lowest BCUT2D eigenvalue weighted by molar-refractivity contribution is -0.659. The maximum atomic E-state index is 2.40. The first kappa shape index (κ1) is 18.6. The minimum absolute atomic E-state index is 0.538. The topological polar surface area (TPSA) is 3.88 Å². The van der Waals surface area contributed by atoms with Gasteiger partial charge in [0.2, 0.25) is 5.69 Å². The minimum Gasteiger partial charge on any atom is -0.200 e. The first-order valence-corrected chi connectivity index (χ1v) is 9.99. The third-order valence-corrected chi connectivity index (χ3v) is 5.80. The predicted octanol–water partition coefficient (Wildman–Crippen LogP) is 6.67. The van der Waals surface area contributed by atoms with Crippen LogP contribution in [0.2, 0.25) is 0 Å². The highest BCUT2D eigenvalue weighted by Gasteiger charge is 2.19. The van der Waals surface area contributed by atoms with Gasteiger partial charge in [-0.2, -0.15) is 0 Å². The molecular weight excluding hydrogens is 314 g/mol. The third-order valence-electron chi connectivity index (χ3n) is 5.80. The summed E-state index contributed by atoms with van der Waals surface area (Å²) in [6.45, 7) is 11.3. The largest absolute Gasteiger partial charge is 0.220 e. The van der Waals surface area contributed by atoms with Crippen LogP contribution < -0.4 is 4.57 Å². The number of pyridine rings is 1. The van der Waals surface area contributed by atoms with Gasteiger partial charge in [-0.3, -0.25) is 0 Å². The van der Waals surface area contributed by atoms with Gasteiger partial charge in [-0.05, 0) is 65.8 Å². The molecule has 1 heteroatoms. The quantitative estimate of drug-likeness (QED) is 0.454. The highest BCUT2D eigenvalue weighted by atomic mass is 14.9. The highest BCUT2D eigenvalue weighted by Crippen LogP contribution is 2.33. The number of hydrogen-bond donors (Lipinski definition) is 0. The molecule has 0 bridgehead atoms. The van der Waals surface area contributed by atoms with E-state index in [0.29, 0.717) is 11.8 Å². The molecule has 0 unspecified atom stereocenters. The maximum Gasteiger partial charge on any atom is 0.220 e. The van der Waals surface area contributed by atoms with Crippen LogP contribution in [0.25, 0.3) is 22.0 Å². The first-order chi connectivity index (χ1) is 12.5. The number of nitrogens with zero attached hydrogens (tertiary/aromatic N) is 1. The zero-order valence-electron chi connectivity index (χ0n) is 17.1. The zero-order valence-corrected chi connectivity index (χ0v) is 17.1. The van der Waals surface area contributed by atoms with Crippen molar-refractivity contribution < 1.29 is 4.57 Å². The van der Waals surface area contributed by atoms with Crippen LogP contribution in [-0.2, 0) is 7.05 Å². The lowest BCUT2D eigenvalue weighted by Crippen LogP contribution is -2.30. The molecule has 0 amide bonds. The molecule has 0 N–H and O–H groups in total. The van der Waals surface area contributed by atoms with Gasteiger partial charge >= 0.3 is 0 Å². The SMILES string of the molecule is CCC(CC)c1ccc2c(-c3cc(C(C)C)ccc3C)[n+](C)ccc2c1. The normalized spacial score (nSPS) is 11.7. The summed E-state index contributed by atoms with van der Waals surface area (Å²) in [5.74, 6) is 1.19. The standard InChI is InChI=1S/C25H32N/c1-7-19(8-2)21-11-12-23-22(15-21)13-14-26(6)25(23)24-16-20(17(3)4)10-9-18(24)5/h9-17,19H,7-8H2,1-6H3/q+1. The molecule has 3 rings (SSSR count). The van der Waals surface area contributed by atoms with E-state index in [0.717, 1.165) is 0 Å². The summed E-state index contributed by atoms with van der Waals surface area (Å²) in [5.41, 5.74) is 6.87. The summed E-state index contributed by atoms with van der Waals surface area (Å²) >= 11 is 0. The van der Waals surface area contributed by atoms with Crippen LogP contribution in [-0.4, -0.2) is 0 Å². The molecule has 1 aromatic heterocycles. The van der Waals surface area contributed by atoms with Gasteiger partial charge in [-0.25, -0.2) is 4.57 Å². The highest BCUT2D eigenvalue weighted by molar-refractivity contribution is 5.94. The molecule has 0 saturated carbocycles. The van der Waals surface area contributed by atoms with Gasteiger partial charge in [0.25, 0.3) is 0 Å². The van der Waals surface area contributed by atoms with E-state index in [9.17, 15) is 0 Å². The number of aromatic nitrogens is 1. The van der Waals surface area contributed by atoms with E-state index in [4.69, 9.17) is 0 Å². The van der Waals surface area contributed by atoms with Crippen molar-refractivity contribution >= 4 is 10.8 Å². The van der Waals surface area contributed by atoms with E-state index in [2.05, 4.69) is 94.9 Å². The number of fused-ring (bicyclic) bond motifs is 1. The molecule has 3 aromatic rings. The second-order valence-corrected chi connectivity index (χ2v) is 7.86. The van der Waals surface area contributed by atoms with E-state index in [1.54, 1.807) is 0 Å². The summed E-state index contributed by atoms with van der Waals surface area (Å²) in [6.07, 6.45) is 4.60. The monoisotopic (exact) mass is 346 g/mol.